The van der Waals surface area contributed by atoms with E-state index in [1.165, 1.54) is 5.56 Å². The Bertz CT molecular complexity index is 625. The maximum atomic E-state index is 12.0. The molecule has 0 bridgehead atoms. The molecule has 0 aliphatic rings. The fourth-order valence-electron chi connectivity index (χ4n) is 2.58. The summed E-state index contributed by atoms with van der Waals surface area (Å²) in [6, 6.07) is 9.59. The zero-order valence-corrected chi connectivity index (χ0v) is 14.3. The first kappa shape index (κ1) is 18.0. The molecule has 6 nitrogen and oxygen atoms in total. The summed E-state index contributed by atoms with van der Waals surface area (Å²) in [6.07, 6.45) is 4.37. The quantitative estimate of drug-likeness (QED) is 0.694. The molecule has 0 fully saturated rings. The van der Waals surface area contributed by atoms with Crippen LogP contribution in [0.4, 0.5) is 4.79 Å². The van der Waals surface area contributed by atoms with Gasteiger partial charge in [0.05, 0.1) is 19.2 Å². The molecule has 0 radical (unpaired) electrons. The number of imidazole rings is 1. The van der Waals surface area contributed by atoms with E-state index in [1.54, 1.807) is 6.20 Å². The molecular weight excluding hydrogens is 304 g/mol. The van der Waals surface area contributed by atoms with Gasteiger partial charge in [-0.05, 0) is 17.9 Å². The third-order valence-corrected chi connectivity index (χ3v) is 3.72. The number of aliphatic hydroxyl groups is 1. The number of benzene rings is 1. The lowest BCUT2D eigenvalue weighted by Gasteiger charge is -2.18. The summed E-state index contributed by atoms with van der Waals surface area (Å²) in [7, 11) is 0. The van der Waals surface area contributed by atoms with Crippen molar-refractivity contribution >= 4 is 6.03 Å². The Morgan fingerprint density at radius 1 is 1.29 bits per heavy atom. The number of amides is 2. The Balaban J connectivity index is 1.86. The van der Waals surface area contributed by atoms with Crippen LogP contribution in [0, 0.1) is 5.92 Å². The van der Waals surface area contributed by atoms with E-state index in [-0.39, 0.29) is 18.7 Å². The fraction of sp³-hybridized carbons (Fsp3) is 0.444. The molecule has 2 aromatic rings. The predicted octanol–water partition coefficient (Wildman–Crippen LogP) is 2.14. The average Bonchev–Trinajstić information content (AvgIpc) is 3.00. The van der Waals surface area contributed by atoms with Crippen LogP contribution in [0.25, 0.3) is 0 Å². The number of urea groups is 1. The van der Waals surface area contributed by atoms with E-state index in [2.05, 4.69) is 41.6 Å². The van der Waals surface area contributed by atoms with Gasteiger partial charge in [0.15, 0.2) is 0 Å². The van der Waals surface area contributed by atoms with E-state index >= 15 is 0 Å². The van der Waals surface area contributed by atoms with Crippen LogP contribution in [0.5, 0.6) is 0 Å². The van der Waals surface area contributed by atoms with E-state index in [0.29, 0.717) is 19.0 Å². The largest absolute Gasteiger partial charge is 0.394 e. The van der Waals surface area contributed by atoms with Crippen LogP contribution in [0.1, 0.15) is 31.7 Å². The van der Waals surface area contributed by atoms with Crippen molar-refractivity contribution in [2.75, 3.05) is 6.61 Å². The standard InChI is InChI=1S/C18H26N4O2/c1-14(2)10-16(13-23)21-18(24)20-11-17-19-8-9-22(17)12-15-6-4-3-5-7-15/h3-9,14,16,23H,10-13H2,1-2H3,(H2,20,21,24). The molecule has 6 heteroatoms. The van der Waals surface area contributed by atoms with Crippen LogP contribution >= 0.6 is 0 Å². The Labute approximate surface area is 142 Å². The first-order chi connectivity index (χ1) is 11.6. The van der Waals surface area contributed by atoms with Crippen LogP contribution < -0.4 is 10.6 Å². The molecule has 1 atom stereocenters. The molecular formula is C18H26N4O2. The number of carbonyl (C=O) groups excluding carboxylic acids is 1. The third-order valence-electron chi connectivity index (χ3n) is 3.72. The lowest BCUT2D eigenvalue weighted by atomic mass is 10.0. The van der Waals surface area contributed by atoms with Gasteiger partial charge in [-0.25, -0.2) is 9.78 Å². The van der Waals surface area contributed by atoms with Crippen molar-refractivity contribution in [2.24, 2.45) is 5.92 Å². The molecule has 0 saturated carbocycles. The smallest absolute Gasteiger partial charge is 0.315 e. The second-order valence-electron chi connectivity index (χ2n) is 6.29. The van der Waals surface area contributed by atoms with E-state index in [9.17, 15) is 9.90 Å². The molecule has 24 heavy (non-hydrogen) atoms. The summed E-state index contributed by atoms with van der Waals surface area (Å²) < 4.78 is 2.01. The number of aromatic nitrogens is 2. The van der Waals surface area contributed by atoms with Crippen molar-refractivity contribution in [1.29, 1.82) is 0 Å². The molecule has 0 aliphatic carbocycles. The van der Waals surface area contributed by atoms with Gasteiger partial charge in [0.2, 0.25) is 0 Å². The van der Waals surface area contributed by atoms with Gasteiger partial charge in [-0.3, -0.25) is 0 Å². The first-order valence-corrected chi connectivity index (χ1v) is 8.27. The Hall–Kier alpha value is -2.34. The lowest BCUT2D eigenvalue weighted by Crippen LogP contribution is -2.44. The highest BCUT2D eigenvalue weighted by molar-refractivity contribution is 5.74. The van der Waals surface area contributed by atoms with E-state index in [0.717, 1.165) is 12.2 Å². The van der Waals surface area contributed by atoms with Gasteiger partial charge in [-0.2, -0.15) is 0 Å². The number of carbonyl (C=O) groups is 1. The number of hydrogen-bond donors (Lipinski definition) is 3. The third kappa shape index (κ3) is 5.70. The minimum Gasteiger partial charge on any atom is -0.394 e. The highest BCUT2D eigenvalue weighted by atomic mass is 16.3. The molecule has 3 N–H and O–H groups in total. The zero-order valence-electron chi connectivity index (χ0n) is 14.3. The van der Waals surface area contributed by atoms with Gasteiger partial charge in [0, 0.05) is 18.9 Å². The normalized spacial score (nSPS) is 12.2. The van der Waals surface area contributed by atoms with Gasteiger partial charge in [-0.15, -0.1) is 0 Å². The molecule has 1 aromatic heterocycles. The monoisotopic (exact) mass is 330 g/mol. The lowest BCUT2D eigenvalue weighted by molar-refractivity contribution is 0.206. The maximum absolute atomic E-state index is 12.0. The van der Waals surface area contributed by atoms with Crippen molar-refractivity contribution in [2.45, 2.75) is 39.4 Å². The van der Waals surface area contributed by atoms with Gasteiger partial charge in [0.1, 0.15) is 5.82 Å². The first-order valence-electron chi connectivity index (χ1n) is 8.27. The highest BCUT2D eigenvalue weighted by Crippen LogP contribution is 2.06. The van der Waals surface area contributed by atoms with E-state index < -0.39 is 0 Å². The minimum atomic E-state index is -0.288. The second-order valence-corrected chi connectivity index (χ2v) is 6.29. The minimum absolute atomic E-state index is 0.0613. The molecule has 2 amide bonds. The van der Waals surface area contributed by atoms with Gasteiger partial charge in [0.25, 0.3) is 0 Å². The van der Waals surface area contributed by atoms with Crippen molar-refractivity contribution in [3.8, 4) is 0 Å². The number of nitrogens with one attached hydrogen (secondary N) is 2. The van der Waals surface area contributed by atoms with Crippen LogP contribution in [0.2, 0.25) is 0 Å². The molecule has 0 spiro atoms. The molecule has 1 heterocycles. The molecule has 0 aliphatic heterocycles. The fourth-order valence-corrected chi connectivity index (χ4v) is 2.58. The number of nitrogens with zero attached hydrogens (tertiary/aromatic N) is 2. The molecule has 2 rings (SSSR count). The highest BCUT2D eigenvalue weighted by Gasteiger charge is 2.13. The molecule has 1 unspecified atom stereocenters. The summed E-state index contributed by atoms with van der Waals surface area (Å²) in [5.41, 5.74) is 1.18. The van der Waals surface area contributed by atoms with E-state index in [4.69, 9.17) is 0 Å². The topological polar surface area (TPSA) is 79.2 Å². The van der Waals surface area contributed by atoms with Crippen molar-refractivity contribution in [3.63, 3.8) is 0 Å². The van der Waals surface area contributed by atoms with Crippen LogP contribution in [-0.2, 0) is 13.1 Å². The SMILES string of the molecule is CC(C)CC(CO)NC(=O)NCc1nccn1Cc1ccccc1. The Morgan fingerprint density at radius 2 is 2.04 bits per heavy atom. The van der Waals surface area contributed by atoms with Gasteiger partial charge >= 0.3 is 6.03 Å². The number of aliphatic hydroxyl groups excluding tert-OH is 1. The predicted molar refractivity (Wildman–Crippen MR) is 93.5 cm³/mol. The Kier molecular flexibility index (Phi) is 6.81. The van der Waals surface area contributed by atoms with Crippen molar-refractivity contribution in [1.82, 2.24) is 20.2 Å². The van der Waals surface area contributed by atoms with Crippen molar-refractivity contribution in [3.05, 3.63) is 54.1 Å². The van der Waals surface area contributed by atoms with Crippen molar-refractivity contribution < 1.29 is 9.90 Å². The van der Waals surface area contributed by atoms with Gasteiger partial charge in [-0.1, -0.05) is 44.2 Å². The summed E-state index contributed by atoms with van der Waals surface area (Å²) in [5.74, 6) is 1.20. The number of hydrogen-bond acceptors (Lipinski definition) is 3. The van der Waals surface area contributed by atoms with Crippen LogP contribution in [0.15, 0.2) is 42.7 Å². The Morgan fingerprint density at radius 3 is 2.71 bits per heavy atom. The summed E-state index contributed by atoms with van der Waals surface area (Å²) in [6.45, 7) is 5.11. The van der Waals surface area contributed by atoms with E-state index in [1.807, 2.05) is 29.0 Å². The van der Waals surface area contributed by atoms with Crippen LogP contribution in [0.3, 0.4) is 0 Å². The molecule has 130 valence electrons. The maximum Gasteiger partial charge on any atom is 0.315 e. The van der Waals surface area contributed by atoms with Gasteiger partial charge < -0.3 is 20.3 Å². The van der Waals surface area contributed by atoms with Crippen LogP contribution in [-0.4, -0.2) is 33.3 Å². The molecule has 0 saturated heterocycles. The molecule has 1 aromatic carbocycles. The summed E-state index contributed by atoms with van der Waals surface area (Å²) >= 11 is 0. The second kappa shape index (κ2) is 9.08. The zero-order chi connectivity index (χ0) is 17.4. The average molecular weight is 330 g/mol. The number of rotatable bonds is 8. The summed E-state index contributed by atoms with van der Waals surface area (Å²) in [5, 5.41) is 14.9. The summed E-state index contributed by atoms with van der Waals surface area (Å²) in [4.78, 5) is 16.3.